The van der Waals surface area contributed by atoms with E-state index < -0.39 is 0 Å². The van der Waals surface area contributed by atoms with Crippen molar-refractivity contribution in [2.75, 3.05) is 13.1 Å². The number of carbonyl (C=O) groups is 1. The van der Waals surface area contributed by atoms with Gasteiger partial charge in [0, 0.05) is 38.2 Å². The lowest BCUT2D eigenvalue weighted by molar-refractivity contribution is 0.0656. The maximum atomic E-state index is 12.2. The fourth-order valence-electron chi connectivity index (χ4n) is 2.64. The molecule has 1 amide bonds. The largest absolute Gasteiger partial charge is 0.337 e. The average Bonchev–Trinajstić information content (AvgIpc) is 3.11. The van der Waals surface area contributed by atoms with Crippen molar-refractivity contribution in [3.05, 3.63) is 36.7 Å². The molecule has 6 heteroatoms. The minimum atomic E-state index is 0.0489. The summed E-state index contributed by atoms with van der Waals surface area (Å²) in [5, 5.41) is 6.57. The first-order valence-electron chi connectivity index (χ1n) is 6.57. The Bertz CT molecular complexity index is 519. The maximum absolute atomic E-state index is 12.2. The molecule has 0 unspecified atom stereocenters. The van der Waals surface area contributed by atoms with Gasteiger partial charge in [0.2, 0.25) is 0 Å². The third-order valence-electron chi connectivity index (χ3n) is 3.57. The predicted octanol–water partition coefficient (Wildman–Crippen LogP) is 1.16. The van der Waals surface area contributed by atoms with Crippen LogP contribution in [-0.4, -0.2) is 43.6 Å². The Kier molecular flexibility index (Phi) is 3.31. The summed E-state index contributed by atoms with van der Waals surface area (Å²) >= 11 is 0. The predicted molar refractivity (Wildman–Crippen MR) is 69.4 cm³/mol. The van der Waals surface area contributed by atoms with Crippen LogP contribution in [0.15, 0.2) is 31.0 Å². The quantitative estimate of drug-likeness (QED) is 0.899. The van der Waals surface area contributed by atoms with Gasteiger partial charge in [0.15, 0.2) is 0 Å². The monoisotopic (exact) mass is 259 g/mol. The Morgan fingerprint density at radius 2 is 2.42 bits per heavy atom. The van der Waals surface area contributed by atoms with Gasteiger partial charge in [-0.2, -0.15) is 5.10 Å². The molecule has 1 saturated heterocycles. The molecule has 2 aromatic rings. The van der Waals surface area contributed by atoms with Gasteiger partial charge in [0.1, 0.15) is 5.69 Å². The smallest absolute Gasteiger partial charge is 0.271 e. The van der Waals surface area contributed by atoms with E-state index in [4.69, 9.17) is 0 Å². The second-order valence-corrected chi connectivity index (χ2v) is 4.99. The van der Waals surface area contributed by atoms with Crippen LogP contribution in [0.3, 0.4) is 0 Å². The molecule has 1 fully saturated rings. The number of H-pyrrole nitrogens is 1. The summed E-state index contributed by atoms with van der Waals surface area (Å²) in [7, 11) is 0. The SMILES string of the molecule is O=C(c1ccn[nH]1)N1CCC[C@@H](Cn2ccnc2)C1. The third-order valence-corrected chi connectivity index (χ3v) is 3.57. The normalized spacial score (nSPS) is 19.6. The van der Waals surface area contributed by atoms with Crippen molar-refractivity contribution in [1.29, 1.82) is 0 Å². The zero-order valence-corrected chi connectivity index (χ0v) is 10.7. The molecular formula is C13H17N5O. The lowest BCUT2D eigenvalue weighted by Gasteiger charge is -2.32. The number of aromatic amines is 1. The highest BCUT2D eigenvalue weighted by Gasteiger charge is 2.25. The lowest BCUT2D eigenvalue weighted by atomic mass is 9.97. The molecule has 0 bridgehead atoms. The van der Waals surface area contributed by atoms with Crippen LogP contribution < -0.4 is 0 Å². The van der Waals surface area contributed by atoms with Crippen molar-refractivity contribution < 1.29 is 4.79 Å². The highest BCUT2D eigenvalue weighted by molar-refractivity contribution is 5.92. The van der Waals surface area contributed by atoms with Crippen molar-refractivity contribution in [3.63, 3.8) is 0 Å². The summed E-state index contributed by atoms with van der Waals surface area (Å²) in [6.45, 7) is 2.56. The van der Waals surface area contributed by atoms with E-state index in [0.29, 0.717) is 11.6 Å². The van der Waals surface area contributed by atoms with Gasteiger partial charge in [-0.15, -0.1) is 0 Å². The molecular weight excluding hydrogens is 242 g/mol. The van der Waals surface area contributed by atoms with E-state index in [2.05, 4.69) is 19.7 Å². The van der Waals surface area contributed by atoms with Crippen LogP contribution in [0.1, 0.15) is 23.3 Å². The van der Waals surface area contributed by atoms with Crippen LogP contribution in [0.4, 0.5) is 0 Å². The molecule has 0 aliphatic carbocycles. The molecule has 19 heavy (non-hydrogen) atoms. The second kappa shape index (κ2) is 5.26. The molecule has 0 aromatic carbocycles. The van der Waals surface area contributed by atoms with E-state index in [0.717, 1.165) is 32.5 Å². The summed E-state index contributed by atoms with van der Waals surface area (Å²) in [4.78, 5) is 18.2. The van der Waals surface area contributed by atoms with E-state index in [1.165, 1.54) is 0 Å². The Hall–Kier alpha value is -2.11. The lowest BCUT2D eigenvalue weighted by Crippen LogP contribution is -2.41. The molecule has 6 nitrogen and oxygen atoms in total. The van der Waals surface area contributed by atoms with Crippen molar-refractivity contribution in [2.24, 2.45) is 5.92 Å². The second-order valence-electron chi connectivity index (χ2n) is 4.99. The number of carbonyl (C=O) groups excluding carboxylic acids is 1. The van der Waals surface area contributed by atoms with Crippen LogP contribution in [0.2, 0.25) is 0 Å². The molecule has 1 aliphatic heterocycles. The summed E-state index contributed by atoms with van der Waals surface area (Å²) in [6, 6.07) is 1.72. The van der Waals surface area contributed by atoms with Crippen LogP contribution in [-0.2, 0) is 6.54 Å². The first-order chi connectivity index (χ1) is 9.33. The highest BCUT2D eigenvalue weighted by Crippen LogP contribution is 2.19. The number of piperidine rings is 1. The molecule has 0 saturated carbocycles. The molecule has 0 radical (unpaired) electrons. The number of imidazole rings is 1. The van der Waals surface area contributed by atoms with E-state index in [-0.39, 0.29) is 5.91 Å². The highest BCUT2D eigenvalue weighted by atomic mass is 16.2. The fourth-order valence-corrected chi connectivity index (χ4v) is 2.64. The van der Waals surface area contributed by atoms with Crippen molar-refractivity contribution in [1.82, 2.24) is 24.6 Å². The minimum absolute atomic E-state index is 0.0489. The molecule has 1 N–H and O–H groups in total. The number of aromatic nitrogens is 4. The Morgan fingerprint density at radius 1 is 1.47 bits per heavy atom. The van der Waals surface area contributed by atoms with Crippen molar-refractivity contribution in [2.45, 2.75) is 19.4 Å². The molecule has 1 aliphatic rings. The molecule has 100 valence electrons. The number of likely N-dealkylation sites (tertiary alicyclic amines) is 1. The molecule has 3 heterocycles. The number of hydrogen-bond donors (Lipinski definition) is 1. The third kappa shape index (κ3) is 2.67. The summed E-state index contributed by atoms with van der Waals surface area (Å²) in [6.07, 6.45) is 9.41. The van der Waals surface area contributed by atoms with Gasteiger partial charge in [-0.25, -0.2) is 4.98 Å². The Labute approximate surface area is 111 Å². The van der Waals surface area contributed by atoms with E-state index >= 15 is 0 Å². The number of nitrogens with zero attached hydrogens (tertiary/aromatic N) is 4. The molecule has 3 rings (SSSR count). The first-order valence-corrected chi connectivity index (χ1v) is 6.57. The van der Waals surface area contributed by atoms with Gasteiger partial charge in [-0.1, -0.05) is 0 Å². The van der Waals surface area contributed by atoms with Gasteiger partial charge in [0.25, 0.3) is 5.91 Å². The summed E-state index contributed by atoms with van der Waals surface area (Å²) in [5.74, 6) is 0.544. The van der Waals surface area contributed by atoms with Gasteiger partial charge < -0.3 is 9.47 Å². The minimum Gasteiger partial charge on any atom is -0.337 e. The number of nitrogens with one attached hydrogen (secondary N) is 1. The number of hydrogen-bond acceptors (Lipinski definition) is 3. The fraction of sp³-hybridized carbons (Fsp3) is 0.462. The number of rotatable bonds is 3. The topological polar surface area (TPSA) is 66.8 Å². The molecule has 0 spiro atoms. The van der Waals surface area contributed by atoms with Gasteiger partial charge in [-0.3, -0.25) is 9.89 Å². The van der Waals surface area contributed by atoms with Gasteiger partial charge in [0.05, 0.1) is 6.33 Å². The maximum Gasteiger partial charge on any atom is 0.271 e. The van der Waals surface area contributed by atoms with Crippen molar-refractivity contribution in [3.8, 4) is 0 Å². The van der Waals surface area contributed by atoms with E-state index in [1.807, 2.05) is 17.4 Å². The summed E-state index contributed by atoms with van der Waals surface area (Å²) < 4.78 is 2.08. The molecule has 2 aromatic heterocycles. The average molecular weight is 259 g/mol. The standard InChI is InChI=1S/C13H17N5O/c19-13(12-3-4-15-16-12)18-6-1-2-11(9-18)8-17-7-5-14-10-17/h3-5,7,10-11H,1-2,6,8-9H2,(H,15,16)/t11-/m0/s1. The van der Waals surface area contributed by atoms with Crippen molar-refractivity contribution >= 4 is 5.91 Å². The summed E-state index contributed by atoms with van der Waals surface area (Å²) in [5.41, 5.74) is 0.572. The number of amides is 1. The van der Waals surface area contributed by atoms with Gasteiger partial charge >= 0.3 is 0 Å². The zero-order valence-electron chi connectivity index (χ0n) is 10.7. The van der Waals surface area contributed by atoms with E-state index in [1.54, 1.807) is 18.5 Å². The van der Waals surface area contributed by atoms with Crippen LogP contribution in [0.25, 0.3) is 0 Å². The van der Waals surface area contributed by atoms with E-state index in [9.17, 15) is 4.79 Å². The van der Waals surface area contributed by atoms with Crippen LogP contribution >= 0.6 is 0 Å². The first kappa shape index (κ1) is 12.0. The van der Waals surface area contributed by atoms with Crippen LogP contribution in [0.5, 0.6) is 0 Å². The van der Waals surface area contributed by atoms with Crippen LogP contribution in [0, 0.1) is 5.92 Å². The Balaban J connectivity index is 1.63. The Morgan fingerprint density at radius 3 is 3.16 bits per heavy atom. The van der Waals surface area contributed by atoms with Gasteiger partial charge in [-0.05, 0) is 24.8 Å². The molecule has 1 atom stereocenters. The zero-order chi connectivity index (χ0) is 13.1.